The average molecular weight is 340 g/mol. The van der Waals surface area contributed by atoms with E-state index in [1.807, 2.05) is 36.6 Å². The van der Waals surface area contributed by atoms with Gasteiger partial charge in [0.1, 0.15) is 0 Å². The molecule has 1 heterocycles. The summed E-state index contributed by atoms with van der Waals surface area (Å²) in [6.45, 7) is 2.90. The van der Waals surface area contributed by atoms with Gasteiger partial charge in [0, 0.05) is 16.4 Å². The lowest BCUT2D eigenvalue weighted by Gasteiger charge is -2.06. The third-order valence-corrected chi connectivity index (χ3v) is 3.75. The van der Waals surface area contributed by atoms with Crippen molar-refractivity contribution in [3.8, 4) is 0 Å². The fourth-order valence-electron chi connectivity index (χ4n) is 1.55. The minimum absolute atomic E-state index is 0.189. The third-order valence-electron chi connectivity index (χ3n) is 2.44. The van der Waals surface area contributed by atoms with Gasteiger partial charge in [0.15, 0.2) is 0 Å². The lowest BCUT2D eigenvalue weighted by molar-refractivity contribution is 0.240. The van der Waals surface area contributed by atoms with Gasteiger partial charge in [0.2, 0.25) is 0 Å². The van der Waals surface area contributed by atoms with Crippen LogP contribution in [-0.2, 0) is 13.1 Å². The van der Waals surface area contributed by atoms with Crippen LogP contribution in [0.5, 0.6) is 0 Å². The maximum absolute atomic E-state index is 11.6. The van der Waals surface area contributed by atoms with Crippen LogP contribution in [0.15, 0.2) is 34.1 Å². The molecule has 0 unspecified atom stereocenters. The largest absolute Gasteiger partial charge is 0.334 e. The lowest BCUT2D eigenvalue weighted by atomic mass is 10.2. The molecule has 0 spiro atoms. The Morgan fingerprint density at radius 1 is 1.37 bits per heavy atom. The number of urea groups is 1. The highest BCUT2D eigenvalue weighted by molar-refractivity contribution is 9.10. The van der Waals surface area contributed by atoms with E-state index in [0.29, 0.717) is 13.1 Å². The van der Waals surface area contributed by atoms with E-state index in [-0.39, 0.29) is 6.03 Å². The molecule has 0 radical (unpaired) electrons. The van der Waals surface area contributed by atoms with Gasteiger partial charge >= 0.3 is 6.03 Å². The molecule has 2 N–H and O–H groups in total. The van der Waals surface area contributed by atoms with Crippen molar-refractivity contribution in [3.63, 3.8) is 0 Å². The Balaban J connectivity index is 1.75. The lowest BCUT2D eigenvalue weighted by Crippen LogP contribution is -2.34. The van der Waals surface area contributed by atoms with Crippen LogP contribution in [0, 0.1) is 6.92 Å². The summed E-state index contributed by atoms with van der Waals surface area (Å²) in [4.78, 5) is 15.9. The third kappa shape index (κ3) is 4.65. The molecule has 2 aromatic rings. The molecule has 0 fully saturated rings. The molecule has 0 saturated carbocycles. The molecule has 6 heteroatoms. The zero-order valence-corrected chi connectivity index (χ0v) is 12.8. The monoisotopic (exact) mass is 339 g/mol. The zero-order valence-electron chi connectivity index (χ0n) is 10.4. The van der Waals surface area contributed by atoms with Gasteiger partial charge in [-0.2, -0.15) is 0 Å². The molecule has 0 saturated heterocycles. The predicted octanol–water partition coefficient (Wildman–Crippen LogP) is 3.21. The van der Waals surface area contributed by atoms with Gasteiger partial charge in [0.05, 0.1) is 17.2 Å². The van der Waals surface area contributed by atoms with Crippen LogP contribution in [0.2, 0.25) is 0 Å². The number of nitrogens with one attached hydrogen (secondary N) is 2. The number of halogens is 1. The summed E-state index contributed by atoms with van der Waals surface area (Å²) in [7, 11) is 0. The van der Waals surface area contributed by atoms with E-state index in [4.69, 9.17) is 0 Å². The summed E-state index contributed by atoms with van der Waals surface area (Å²) in [5.74, 6) is 0. The number of thiazole rings is 1. The number of carbonyl (C=O) groups excluding carboxylic acids is 1. The fraction of sp³-hybridized carbons (Fsp3) is 0.231. The van der Waals surface area contributed by atoms with Crippen molar-refractivity contribution in [2.45, 2.75) is 20.0 Å². The van der Waals surface area contributed by atoms with Gasteiger partial charge in [-0.15, -0.1) is 11.3 Å². The molecule has 2 amide bonds. The van der Waals surface area contributed by atoms with Gasteiger partial charge in [-0.25, -0.2) is 9.78 Å². The highest BCUT2D eigenvalue weighted by atomic mass is 79.9. The van der Waals surface area contributed by atoms with Crippen molar-refractivity contribution in [3.05, 3.63) is 50.4 Å². The fourth-order valence-corrected chi connectivity index (χ4v) is 2.61. The van der Waals surface area contributed by atoms with Crippen LogP contribution < -0.4 is 10.6 Å². The molecule has 1 aromatic heterocycles. The van der Waals surface area contributed by atoms with Crippen LogP contribution in [0.4, 0.5) is 4.79 Å². The number of aryl methyl sites for hydroxylation is 1. The Morgan fingerprint density at radius 2 is 2.16 bits per heavy atom. The molecule has 19 heavy (non-hydrogen) atoms. The second-order valence-electron chi connectivity index (χ2n) is 4.02. The maximum atomic E-state index is 11.6. The van der Waals surface area contributed by atoms with Crippen LogP contribution in [0.25, 0.3) is 0 Å². The molecule has 0 aliphatic carbocycles. The predicted molar refractivity (Wildman–Crippen MR) is 80.1 cm³/mol. The average Bonchev–Trinajstić information content (AvgIpc) is 2.80. The molecule has 0 atom stereocenters. The summed E-state index contributed by atoms with van der Waals surface area (Å²) in [6.07, 6.45) is 0. The number of nitrogens with zero attached hydrogens (tertiary/aromatic N) is 1. The first-order valence-corrected chi connectivity index (χ1v) is 7.48. The van der Waals surface area contributed by atoms with Crippen molar-refractivity contribution in [2.24, 2.45) is 0 Å². The summed E-state index contributed by atoms with van der Waals surface area (Å²) < 4.78 is 1.00. The van der Waals surface area contributed by atoms with E-state index in [1.165, 1.54) is 0 Å². The second kappa shape index (κ2) is 6.68. The van der Waals surface area contributed by atoms with E-state index >= 15 is 0 Å². The number of aromatic nitrogens is 1. The second-order valence-corrected chi connectivity index (χ2v) is 6.00. The van der Waals surface area contributed by atoms with E-state index in [0.717, 1.165) is 20.7 Å². The molecule has 0 aliphatic rings. The van der Waals surface area contributed by atoms with Gasteiger partial charge in [-0.3, -0.25) is 0 Å². The number of benzene rings is 1. The van der Waals surface area contributed by atoms with Crippen LogP contribution in [0.1, 0.15) is 16.3 Å². The minimum Gasteiger partial charge on any atom is -0.334 e. The Labute approximate surface area is 124 Å². The Hall–Kier alpha value is -1.40. The van der Waals surface area contributed by atoms with E-state index in [9.17, 15) is 4.79 Å². The highest BCUT2D eigenvalue weighted by Gasteiger charge is 2.03. The van der Waals surface area contributed by atoms with Crippen molar-refractivity contribution in [1.82, 2.24) is 15.6 Å². The van der Waals surface area contributed by atoms with E-state index in [2.05, 4.69) is 31.5 Å². The number of amides is 2. The maximum Gasteiger partial charge on any atom is 0.315 e. The topological polar surface area (TPSA) is 54.0 Å². The zero-order chi connectivity index (χ0) is 13.7. The van der Waals surface area contributed by atoms with Crippen molar-refractivity contribution >= 4 is 33.3 Å². The SMILES string of the molecule is Cc1nc(CNC(=O)NCc2cccc(Br)c2)cs1. The van der Waals surface area contributed by atoms with Crippen molar-refractivity contribution < 1.29 is 4.79 Å². The summed E-state index contributed by atoms with van der Waals surface area (Å²) >= 11 is 4.98. The van der Waals surface area contributed by atoms with Crippen molar-refractivity contribution in [1.29, 1.82) is 0 Å². The van der Waals surface area contributed by atoms with Crippen LogP contribution in [-0.4, -0.2) is 11.0 Å². The summed E-state index contributed by atoms with van der Waals surface area (Å²) in [6, 6.07) is 7.65. The molecule has 4 nitrogen and oxygen atoms in total. The van der Waals surface area contributed by atoms with Gasteiger partial charge in [-0.05, 0) is 24.6 Å². The molecule has 0 aliphatic heterocycles. The van der Waals surface area contributed by atoms with E-state index in [1.54, 1.807) is 11.3 Å². The summed E-state index contributed by atoms with van der Waals surface area (Å²) in [5, 5.41) is 8.54. The normalized spacial score (nSPS) is 10.2. The molecular formula is C13H14BrN3OS. The Kier molecular flexibility index (Phi) is 4.93. The van der Waals surface area contributed by atoms with Crippen molar-refractivity contribution in [2.75, 3.05) is 0 Å². The van der Waals surface area contributed by atoms with Crippen LogP contribution >= 0.6 is 27.3 Å². The first kappa shape index (κ1) is 14.0. The van der Waals surface area contributed by atoms with E-state index < -0.39 is 0 Å². The number of hydrogen-bond acceptors (Lipinski definition) is 3. The smallest absolute Gasteiger partial charge is 0.315 e. The first-order valence-electron chi connectivity index (χ1n) is 5.80. The molecule has 0 bridgehead atoms. The van der Waals surface area contributed by atoms with Gasteiger partial charge < -0.3 is 10.6 Å². The molecule has 1 aromatic carbocycles. The van der Waals surface area contributed by atoms with Crippen LogP contribution in [0.3, 0.4) is 0 Å². The highest BCUT2D eigenvalue weighted by Crippen LogP contribution is 2.11. The first-order chi connectivity index (χ1) is 9.13. The Bertz CT molecular complexity index is 571. The summed E-state index contributed by atoms with van der Waals surface area (Å²) in [5.41, 5.74) is 1.94. The standard InChI is InChI=1S/C13H14BrN3OS/c1-9-17-12(8-19-9)7-16-13(18)15-6-10-3-2-4-11(14)5-10/h2-5,8H,6-7H2,1H3,(H2,15,16,18). The quantitative estimate of drug-likeness (QED) is 0.898. The minimum atomic E-state index is -0.189. The molecular weight excluding hydrogens is 326 g/mol. The van der Waals surface area contributed by atoms with Gasteiger partial charge in [-0.1, -0.05) is 28.1 Å². The number of carbonyl (C=O) groups is 1. The molecule has 2 rings (SSSR count). The van der Waals surface area contributed by atoms with Gasteiger partial charge in [0.25, 0.3) is 0 Å². The molecule has 100 valence electrons. The number of hydrogen-bond donors (Lipinski definition) is 2. The Morgan fingerprint density at radius 3 is 2.84 bits per heavy atom. The number of rotatable bonds is 4.